The monoisotopic (exact) mass is 316 g/mol. The topological polar surface area (TPSA) is 26.7 Å². The van der Waals surface area contributed by atoms with Crippen molar-refractivity contribution >= 4 is 21.6 Å². The fourth-order valence-corrected chi connectivity index (χ4v) is 2.43. The van der Waals surface area contributed by atoms with Gasteiger partial charge >= 0.3 is 0 Å². The van der Waals surface area contributed by atoms with Crippen molar-refractivity contribution in [2.75, 3.05) is 43.0 Å². The fourth-order valence-electron chi connectivity index (χ4n) is 2.23. The van der Waals surface area contributed by atoms with E-state index in [2.05, 4.69) is 25.7 Å². The van der Waals surface area contributed by atoms with Gasteiger partial charge in [0.2, 0.25) is 0 Å². The molecule has 3 nitrogen and oxygen atoms in total. The van der Waals surface area contributed by atoms with E-state index in [-0.39, 0.29) is 11.9 Å². The summed E-state index contributed by atoms with van der Waals surface area (Å²) in [6.07, 6.45) is -0.329. The molecule has 1 aromatic carbocycles. The van der Waals surface area contributed by atoms with Crippen LogP contribution in [-0.2, 0) is 0 Å². The lowest BCUT2D eigenvalue weighted by atomic mass is 10.2. The van der Waals surface area contributed by atoms with E-state index in [1.165, 1.54) is 6.07 Å². The molecule has 1 atom stereocenters. The number of nitrogens with zero attached hydrogens (tertiary/aromatic N) is 2. The van der Waals surface area contributed by atoms with Gasteiger partial charge in [-0.3, -0.25) is 4.90 Å². The van der Waals surface area contributed by atoms with Crippen LogP contribution in [0.2, 0.25) is 0 Å². The first-order chi connectivity index (χ1) is 8.70. The molecule has 1 aliphatic rings. The second-order valence-electron chi connectivity index (χ2n) is 4.55. The number of alkyl halides is 1. The Hall–Kier alpha value is -0.650. The number of aliphatic hydroxyl groups excluding tert-OH is 1. The fraction of sp³-hybridized carbons (Fsp3) is 0.538. The van der Waals surface area contributed by atoms with Gasteiger partial charge in [-0.1, -0.05) is 28.1 Å². The maximum absolute atomic E-state index is 13.6. The summed E-state index contributed by atoms with van der Waals surface area (Å²) in [5.41, 5.74) is 0.679. The summed E-state index contributed by atoms with van der Waals surface area (Å²) in [7, 11) is 0. The zero-order chi connectivity index (χ0) is 13.0. The number of benzene rings is 1. The molecule has 1 N–H and O–H groups in total. The highest BCUT2D eigenvalue weighted by Gasteiger charge is 2.20. The average molecular weight is 317 g/mol. The molecule has 0 aliphatic carbocycles. The number of piperazine rings is 1. The molecule has 1 aliphatic heterocycles. The van der Waals surface area contributed by atoms with Gasteiger partial charge in [-0.2, -0.15) is 0 Å². The minimum atomic E-state index is -0.329. The summed E-state index contributed by atoms with van der Waals surface area (Å²) in [4.78, 5) is 4.27. The Kier molecular flexibility index (Phi) is 4.97. The predicted molar refractivity (Wildman–Crippen MR) is 74.9 cm³/mol. The van der Waals surface area contributed by atoms with Crippen molar-refractivity contribution in [1.82, 2.24) is 4.90 Å². The van der Waals surface area contributed by atoms with Gasteiger partial charge in [-0.15, -0.1) is 0 Å². The van der Waals surface area contributed by atoms with Crippen LogP contribution in [-0.4, -0.2) is 54.2 Å². The molecule has 2 rings (SSSR count). The number of β-amino-alcohol motifs (C(OH)–C–C–N with tert-alkyl or cyclic N) is 1. The van der Waals surface area contributed by atoms with Crippen LogP contribution in [0.4, 0.5) is 10.1 Å². The first kappa shape index (κ1) is 13.8. The normalized spacial score (nSPS) is 18.9. The molecular weight excluding hydrogens is 299 g/mol. The van der Waals surface area contributed by atoms with Crippen LogP contribution in [0.5, 0.6) is 0 Å². The lowest BCUT2D eigenvalue weighted by Gasteiger charge is -2.36. The number of para-hydroxylation sites is 1. The molecule has 1 saturated heterocycles. The van der Waals surface area contributed by atoms with E-state index in [9.17, 15) is 9.50 Å². The minimum Gasteiger partial charge on any atom is -0.391 e. The SMILES string of the molecule is OC(CBr)CN1CCN(c2ccccc2F)CC1. The van der Waals surface area contributed by atoms with Gasteiger partial charge < -0.3 is 10.0 Å². The van der Waals surface area contributed by atoms with Crippen LogP contribution in [0.15, 0.2) is 24.3 Å². The molecular formula is C13H18BrFN2O. The Morgan fingerprint density at radius 1 is 1.22 bits per heavy atom. The summed E-state index contributed by atoms with van der Waals surface area (Å²) in [5.74, 6) is -0.161. The van der Waals surface area contributed by atoms with Gasteiger partial charge in [-0.25, -0.2) is 4.39 Å². The molecule has 0 amide bonds. The third-order valence-electron chi connectivity index (χ3n) is 3.21. The van der Waals surface area contributed by atoms with Gasteiger partial charge in [-0.05, 0) is 12.1 Å². The van der Waals surface area contributed by atoms with E-state index < -0.39 is 0 Å². The molecule has 0 saturated carbocycles. The van der Waals surface area contributed by atoms with E-state index in [1.807, 2.05) is 12.1 Å². The third-order valence-corrected chi connectivity index (χ3v) is 3.96. The van der Waals surface area contributed by atoms with Gasteiger partial charge in [0.1, 0.15) is 5.82 Å². The maximum Gasteiger partial charge on any atom is 0.146 e. The largest absolute Gasteiger partial charge is 0.391 e. The number of halogens is 2. The molecule has 100 valence electrons. The van der Waals surface area contributed by atoms with E-state index in [1.54, 1.807) is 6.07 Å². The lowest BCUT2D eigenvalue weighted by molar-refractivity contribution is 0.126. The first-order valence-electron chi connectivity index (χ1n) is 6.16. The summed E-state index contributed by atoms with van der Waals surface area (Å²) < 4.78 is 13.6. The van der Waals surface area contributed by atoms with Gasteiger partial charge in [0.05, 0.1) is 11.8 Å². The average Bonchev–Trinajstić information content (AvgIpc) is 2.40. The Balaban J connectivity index is 1.89. The van der Waals surface area contributed by atoms with Crippen LogP contribution in [0.3, 0.4) is 0 Å². The molecule has 5 heteroatoms. The molecule has 0 spiro atoms. The van der Waals surface area contributed by atoms with Gasteiger partial charge in [0.25, 0.3) is 0 Å². The van der Waals surface area contributed by atoms with Crippen molar-refractivity contribution in [1.29, 1.82) is 0 Å². The van der Waals surface area contributed by atoms with E-state index in [4.69, 9.17) is 0 Å². The predicted octanol–water partition coefficient (Wildman–Crippen LogP) is 1.70. The highest BCUT2D eigenvalue weighted by molar-refractivity contribution is 9.09. The maximum atomic E-state index is 13.6. The van der Waals surface area contributed by atoms with Crippen LogP contribution >= 0.6 is 15.9 Å². The van der Waals surface area contributed by atoms with E-state index >= 15 is 0 Å². The number of aliphatic hydroxyl groups is 1. The van der Waals surface area contributed by atoms with Crippen molar-refractivity contribution < 1.29 is 9.50 Å². The second kappa shape index (κ2) is 6.50. The van der Waals surface area contributed by atoms with Crippen LogP contribution in [0, 0.1) is 5.82 Å². The van der Waals surface area contributed by atoms with Crippen LogP contribution in [0.25, 0.3) is 0 Å². The van der Waals surface area contributed by atoms with E-state index in [0.717, 1.165) is 26.2 Å². The molecule has 18 heavy (non-hydrogen) atoms. The van der Waals surface area contributed by atoms with Gasteiger partial charge in [0.15, 0.2) is 0 Å². The van der Waals surface area contributed by atoms with Crippen molar-refractivity contribution in [2.24, 2.45) is 0 Å². The molecule has 0 radical (unpaired) electrons. The van der Waals surface area contributed by atoms with Crippen LogP contribution < -0.4 is 4.90 Å². The quantitative estimate of drug-likeness (QED) is 0.857. The highest BCUT2D eigenvalue weighted by Crippen LogP contribution is 2.20. The summed E-state index contributed by atoms with van der Waals surface area (Å²) >= 11 is 3.26. The molecule has 0 bridgehead atoms. The number of hydrogen-bond donors (Lipinski definition) is 1. The smallest absolute Gasteiger partial charge is 0.146 e. The summed E-state index contributed by atoms with van der Waals surface area (Å²) in [6, 6.07) is 6.88. The van der Waals surface area contributed by atoms with Crippen LogP contribution in [0.1, 0.15) is 0 Å². The second-order valence-corrected chi connectivity index (χ2v) is 5.19. The molecule has 1 fully saturated rings. The van der Waals surface area contributed by atoms with Crippen molar-refractivity contribution in [3.63, 3.8) is 0 Å². The lowest BCUT2D eigenvalue weighted by Crippen LogP contribution is -2.49. The van der Waals surface area contributed by atoms with Gasteiger partial charge in [0, 0.05) is 38.1 Å². The van der Waals surface area contributed by atoms with E-state index in [0.29, 0.717) is 17.6 Å². The minimum absolute atomic E-state index is 0.161. The number of rotatable bonds is 4. The Morgan fingerprint density at radius 3 is 2.50 bits per heavy atom. The highest BCUT2D eigenvalue weighted by atomic mass is 79.9. The standard InChI is InChI=1S/C13H18BrFN2O/c14-9-11(18)10-16-5-7-17(8-6-16)13-4-2-1-3-12(13)15/h1-4,11,18H,5-10H2. The van der Waals surface area contributed by atoms with Crippen molar-refractivity contribution in [3.05, 3.63) is 30.1 Å². The zero-order valence-electron chi connectivity index (χ0n) is 10.2. The zero-order valence-corrected chi connectivity index (χ0v) is 11.8. The number of hydrogen-bond acceptors (Lipinski definition) is 3. The summed E-state index contributed by atoms with van der Waals surface area (Å²) in [6.45, 7) is 4.00. The molecule has 0 aromatic heterocycles. The van der Waals surface area contributed by atoms with Crippen molar-refractivity contribution in [2.45, 2.75) is 6.10 Å². The Labute approximate surface area is 115 Å². The molecule has 1 aromatic rings. The Bertz CT molecular complexity index is 383. The number of anilines is 1. The first-order valence-corrected chi connectivity index (χ1v) is 7.28. The molecule has 1 unspecified atom stereocenters. The summed E-state index contributed by atoms with van der Waals surface area (Å²) in [5, 5.41) is 10.2. The van der Waals surface area contributed by atoms with Crippen molar-refractivity contribution in [3.8, 4) is 0 Å². The Morgan fingerprint density at radius 2 is 1.89 bits per heavy atom. The molecule has 1 heterocycles. The third kappa shape index (κ3) is 3.43.